The van der Waals surface area contributed by atoms with Gasteiger partial charge >= 0.3 is 17.9 Å². The van der Waals surface area contributed by atoms with Crippen LogP contribution < -0.4 is 0 Å². The first kappa shape index (κ1) is 74.6. The van der Waals surface area contributed by atoms with Gasteiger partial charge in [-0.05, 0) is 89.9 Å². The van der Waals surface area contributed by atoms with Gasteiger partial charge in [0.05, 0.1) is 0 Å². The summed E-state index contributed by atoms with van der Waals surface area (Å²) in [5.74, 6) is -0.864. The topological polar surface area (TPSA) is 78.9 Å². The zero-order valence-electron chi connectivity index (χ0n) is 52.0. The molecule has 0 aromatic carbocycles. The van der Waals surface area contributed by atoms with Crippen LogP contribution in [0.25, 0.3) is 0 Å². The monoisotopic (exact) mass is 1080 g/mol. The highest BCUT2D eigenvalue weighted by Gasteiger charge is 2.19. The zero-order chi connectivity index (χ0) is 55.7. The molecule has 0 saturated carbocycles. The van der Waals surface area contributed by atoms with Crippen molar-refractivity contribution in [2.24, 2.45) is 0 Å². The van der Waals surface area contributed by atoms with E-state index >= 15 is 0 Å². The minimum Gasteiger partial charge on any atom is -0.462 e. The molecule has 0 aromatic heterocycles. The van der Waals surface area contributed by atoms with E-state index in [0.717, 1.165) is 64.2 Å². The zero-order valence-corrected chi connectivity index (χ0v) is 52.0. The van der Waals surface area contributed by atoms with Crippen LogP contribution in [0, 0.1) is 0 Å². The van der Waals surface area contributed by atoms with E-state index in [-0.39, 0.29) is 31.1 Å². The minimum absolute atomic E-state index is 0.0724. The van der Waals surface area contributed by atoms with Crippen molar-refractivity contribution in [2.45, 2.75) is 386 Å². The second kappa shape index (κ2) is 66.1. The third-order valence-corrected chi connectivity index (χ3v) is 15.6. The van der Waals surface area contributed by atoms with Crippen LogP contribution in [-0.4, -0.2) is 37.2 Å². The Morgan fingerprint density at radius 2 is 0.442 bits per heavy atom. The van der Waals surface area contributed by atoms with E-state index in [4.69, 9.17) is 14.2 Å². The highest BCUT2D eigenvalue weighted by Crippen LogP contribution is 2.18. The smallest absolute Gasteiger partial charge is 0.306 e. The molecule has 0 fully saturated rings. The molecular formula is C71H132O6. The predicted octanol–water partition coefficient (Wildman–Crippen LogP) is 23.6. The van der Waals surface area contributed by atoms with Crippen LogP contribution in [0.3, 0.4) is 0 Å². The molecule has 0 aliphatic heterocycles. The fourth-order valence-electron chi connectivity index (χ4n) is 10.4. The van der Waals surface area contributed by atoms with Crippen molar-refractivity contribution in [3.05, 3.63) is 36.5 Å². The van der Waals surface area contributed by atoms with Gasteiger partial charge in [-0.1, -0.05) is 308 Å². The highest BCUT2D eigenvalue weighted by atomic mass is 16.6. The van der Waals surface area contributed by atoms with E-state index < -0.39 is 6.10 Å². The summed E-state index contributed by atoms with van der Waals surface area (Å²) in [6.45, 7) is 6.64. The minimum atomic E-state index is -0.776. The Morgan fingerprint density at radius 1 is 0.247 bits per heavy atom. The highest BCUT2D eigenvalue weighted by molar-refractivity contribution is 5.71. The molecule has 452 valence electrons. The maximum Gasteiger partial charge on any atom is 0.306 e. The molecule has 0 aromatic rings. The van der Waals surface area contributed by atoms with E-state index in [1.54, 1.807) is 0 Å². The molecule has 0 saturated heterocycles. The fourth-order valence-corrected chi connectivity index (χ4v) is 10.4. The molecule has 0 aliphatic rings. The molecule has 0 spiro atoms. The first-order valence-corrected chi connectivity index (χ1v) is 34.5. The lowest BCUT2D eigenvalue weighted by Crippen LogP contribution is -2.30. The van der Waals surface area contributed by atoms with Crippen molar-refractivity contribution in [2.75, 3.05) is 13.2 Å². The van der Waals surface area contributed by atoms with Crippen molar-refractivity contribution in [1.82, 2.24) is 0 Å². The number of unbranched alkanes of at least 4 members (excludes halogenated alkanes) is 47. The second-order valence-electron chi connectivity index (χ2n) is 23.4. The van der Waals surface area contributed by atoms with Gasteiger partial charge in [-0.3, -0.25) is 14.4 Å². The molecule has 0 bridgehead atoms. The van der Waals surface area contributed by atoms with Crippen LogP contribution in [0.5, 0.6) is 0 Å². The van der Waals surface area contributed by atoms with Crippen molar-refractivity contribution in [1.29, 1.82) is 0 Å². The Bertz CT molecular complexity index is 1290. The lowest BCUT2D eigenvalue weighted by Gasteiger charge is -2.18. The van der Waals surface area contributed by atoms with Gasteiger partial charge in [0, 0.05) is 19.3 Å². The molecule has 1 unspecified atom stereocenters. The summed E-state index contributed by atoms with van der Waals surface area (Å²) in [5, 5.41) is 0. The summed E-state index contributed by atoms with van der Waals surface area (Å²) < 4.78 is 16.9. The molecule has 0 heterocycles. The van der Waals surface area contributed by atoms with Crippen LogP contribution >= 0.6 is 0 Å². The first-order chi connectivity index (χ1) is 38.0. The molecule has 6 heteroatoms. The summed E-state index contributed by atoms with van der Waals surface area (Å²) >= 11 is 0. The van der Waals surface area contributed by atoms with E-state index in [2.05, 4.69) is 57.2 Å². The maximum absolute atomic E-state index is 12.9. The standard InChI is InChI=1S/C71H132O6/c1-4-7-10-13-16-19-22-24-26-28-29-30-31-32-33-34-35-36-37-38-39-40-41-43-44-46-49-52-55-58-61-64-70(73)76-67-68(66-75-69(72)63-60-57-54-51-48-21-18-15-12-9-6-3)77-71(74)65-62-59-56-53-50-47-45-42-27-25-23-20-17-14-11-8-5-2/h15,18,25,27-29,68H,4-14,16-17,19-24,26,30-67H2,1-3H3/b18-15-,27-25-,29-28-. The van der Waals surface area contributed by atoms with Crippen molar-refractivity contribution >= 4 is 17.9 Å². The normalized spacial score (nSPS) is 12.2. The molecule has 1 atom stereocenters. The average molecular weight is 1080 g/mol. The number of hydrogen-bond acceptors (Lipinski definition) is 6. The second-order valence-corrected chi connectivity index (χ2v) is 23.4. The van der Waals surface area contributed by atoms with E-state index in [1.165, 1.54) is 276 Å². The van der Waals surface area contributed by atoms with Gasteiger partial charge in [-0.25, -0.2) is 0 Å². The van der Waals surface area contributed by atoms with Gasteiger partial charge in [0.15, 0.2) is 6.10 Å². The summed E-state index contributed by atoms with van der Waals surface area (Å²) in [6.07, 6.45) is 81.9. The molecular weight excluding hydrogens is 949 g/mol. The van der Waals surface area contributed by atoms with E-state index in [1.807, 2.05) is 0 Å². The van der Waals surface area contributed by atoms with Crippen molar-refractivity contribution < 1.29 is 28.6 Å². The maximum atomic E-state index is 12.9. The Morgan fingerprint density at radius 3 is 0.688 bits per heavy atom. The van der Waals surface area contributed by atoms with Crippen molar-refractivity contribution in [3.8, 4) is 0 Å². The van der Waals surface area contributed by atoms with Gasteiger partial charge in [0.1, 0.15) is 13.2 Å². The lowest BCUT2D eigenvalue weighted by atomic mass is 10.0. The first-order valence-electron chi connectivity index (χ1n) is 34.5. The van der Waals surface area contributed by atoms with Gasteiger partial charge < -0.3 is 14.2 Å². The average Bonchev–Trinajstić information content (AvgIpc) is 3.43. The molecule has 0 amide bonds. The molecule has 0 radical (unpaired) electrons. The number of ether oxygens (including phenoxy) is 3. The van der Waals surface area contributed by atoms with Gasteiger partial charge in [0.2, 0.25) is 0 Å². The number of rotatable bonds is 64. The molecule has 77 heavy (non-hydrogen) atoms. The third kappa shape index (κ3) is 64.3. The van der Waals surface area contributed by atoms with Gasteiger partial charge in [-0.2, -0.15) is 0 Å². The van der Waals surface area contributed by atoms with Crippen LogP contribution in [0.4, 0.5) is 0 Å². The van der Waals surface area contributed by atoms with E-state index in [0.29, 0.717) is 19.3 Å². The van der Waals surface area contributed by atoms with Gasteiger partial charge in [0.25, 0.3) is 0 Å². The number of hydrogen-bond donors (Lipinski definition) is 0. The van der Waals surface area contributed by atoms with Crippen molar-refractivity contribution in [3.63, 3.8) is 0 Å². The van der Waals surface area contributed by atoms with Crippen LogP contribution in [0.2, 0.25) is 0 Å². The van der Waals surface area contributed by atoms with Crippen LogP contribution in [-0.2, 0) is 28.6 Å². The Hall–Kier alpha value is -2.37. The summed E-state index contributed by atoms with van der Waals surface area (Å²) in [5.41, 5.74) is 0. The Labute approximate surface area is 480 Å². The fraction of sp³-hybridized carbons (Fsp3) is 0.873. The molecule has 6 nitrogen and oxygen atoms in total. The van der Waals surface area contributed by atoms with Crippen LogP contribution in [0.1, 0.15) is 380 Å². The largest absolute Gasteiger partial charge is 0.462 e. The third-order valence-electron chi connectivity index (χ3n) is 15.6. The van der Waals surface area contributed by atoms with Gasteiger partial charge in [-0.15, -0.1) is 0 Å². The lowest BCUT2D eigenvalue weighted by molar-refractivity contribution is -0.167. The predicted molar refractivity (Wildman–Crippen MR) is 335 cm³/mol. The summed E-state index contributed by atoms with van der Waals surface area (Å²) in [6, 6.07) is 0. The number of allylic oxidation sites excluding steroid dienone is 6. The van der Waals surface area contributed by atoms with E-state index in [9.17, 15) is 14.4 Å². The number of esters is 3. The number of carbonyl (C=O) groups excluding carboxylic acids is 3. The molecule has 0 rings (SSSR count). The quantitative estimate of drug-likeness (QED) is 0.0261. The molecule has 0 N–H and O–H groups in total. The van der Waals surface area contributed by atoms with Crippen LogP contribution in [0.15, 0.2) is 36.5 Å². The SMILES string of the molecule is CCCC/C=C\CCCCCCCC(=O)OCC(COC(=O)CCCCCCCCCCCCCCCCCCCCC/C=C\CCCCCCCCCC)OC(=O)CCCCCCCCC/C=C\CCCCCCCC. The molecule has 0 aliphatic carbocycles. The summed E-state index contributed by atoms with van der Waals surface area (Å²) in [7, 11) is 0. The summed E-state index contributed by atoms with van der Waals surface area (Å²) in [4.78, 5) is 38.3. The number of carbonyl (C=O) groups is 3. The Balaban J connectivity index is 4.10. The Kier molecular flexibility index (Phi) is 64.1.